The van der Waals surface area contributed by atoms with Crippen LogP contribution in [0.15, 0.2) is 0 Å². The molecule has 1 N–H and O–H groups in total. The lowest BCUT2D eigenvalue weighted by Gasteiger charge is -2.13. The molecule has 0 radical (unpaired) electrons. The van der Waals surface area contributed by atoms with Crippen LogP contribution in [-0.2, 0) is 14.3 Å². The molecule has 4 heteroatoms. The first kappa shape index (κ1) is 13.9. The minimum atomic E-state index is -0.940. The van der Waals surface area contributed by atoms with Crippen molar-refractivity contribution in [3.8, 4) is 0 Å². The van der Waals surface area contributed by atoms with Crippen LogP contribution in [0.5, 0.6) is 0 Å². The van der Waals surface area contributed by atoms with E-state index in [0.717, 1.165) is 25.7 Å². The zero-order chi connectivity index (χ0) is 11.7. The Morgan fingerprint density at radius 3 is 2.13 bits per heavy atom. The van der Waals surface area contributed by atoms with E-state index in [2.05, 4.69) is 0 Å². The fourth-order valence-corrected chi connectivity index (χ4v) is 1.43. The standard InChI is InChI=1S/C11H20O4/c1-3-5-9(6-4-2)11(14)15-8-7-10(12)13/h9H,3-8H2,1-2H3,(H,12,13). The van der Waals surface area contributed by atoms with Crippen molar-refractivity contribution in [2.45, 2.75) is 46.0 Å². The molecule has 0 aromatic rings. The van der Waals surface area contributed by atoms with E-state index in [1.807, 2.05) is 13.8 Å². The Kier molecular flexibility index (Phi) is 7.68. The highest BCUT2D eigenvalue weighted by Crippen LogP contribution is 2.15. The molecule has 0 aliphatic carbocycles. The number of aliphatic carboxylic acids is 1. The normalized spacial score (nSPS) is 10.3. The minimum Gasteiger partial charge on any atom is -0.481 e. The molecule has 15 heavy (non-hydrogen) atoms. The molecule has 0 saturated carbocycles. The largest absolute Gasteiger partial charge is 0.481 e. The van der Waals surface area contributed by atoms with Crippen molar-refractivity contribution in [1.82, 2.24) is 0 Å². The molecule has 88 valence electrons. The lowest BCUT2D eigenvalue weighted by atomic mass is 9.99. The van der Waals surface area contributed by atoms with Crippen LogP contribution in [0, 0.1) is 5.92 Å². The minimum absolute atomic E-state index is 0.0158. The van der Waals surface area contributed by atoms with E-state index in [-0.39, 0.29) is 24.9 Å². The Labute approximate surface area is 90.6 Å². The van der Waals surface area contributed by atoms with Gasteiger partial charge in [-0.15, -0.1) is 0 Å². The summed E-state index contributed by atoms with van der Waals surface area (Å²) in [6, 6.07) is 0. The quantitative estimate of drug-likeness (QED) is 0.632. The third-order valence-corrected chi connectivity index (χ3v) is 2.17. The predicted octanol–water partition coefficient (Wildman–Crippen LogP) is 2.22. The van der Waals surface area contributed by atoms with Gasteiger partial charge in [0.2, 0.25) is 0 Å². The van der Waals surface area contributed by atoms with Crippen LogP contribution in [0.25, 0.3) is 0 Å². The Morgan fingerprint density at radius 2 is 1.73 bits per heavy atom. The summed E-state index contributed by atoms with van der Waals surface area (Å²) >= 11 is 0. The molecule has 0 fully saturated rings. The lowest BCUT2D eigenvalue weighted by molar-refractivity contribution is -0.151. The second kappa shape index (κ2) is 8.26. The Bertz CT molecular complexity index is 195. The van der Waals surface area contributed by atoms with Gasteiger partial charge >= 0.3 is 11.9 Å². The number of carbonyl (C=O) groups excluding carboxylic acids is 1. The summed E-state index contributed by atoms with van der Waals surface area (Å²) in [4.78, 5) is 21.7. The van der Waals surface area contributed by atoms with E-state index in [0.29, 0.717) is 0 Å². The van der Waals surface area contributed by atoms with Gasteiger partial charge in [0.05, 0.1) is 12.3 Å². The van der Waals surface area contributed by atoms with E-state index in [4.69, 9.17) is 9.84 Å². The molecular weight excluding hydrogens is 196 g/mol. The van der Waals surface area contributed by atoms with Crippen molar-refractivity contribution in [2.75, 3.05) is 6.61 Å². The monoisotopic (exact) mass is 216 g/mol. The van der Waals surface area contributed by atoms with Gasteiger partial charge in [0.15, 0.2) is 0 Å². The van der Waals surface area contributed by atoms with Gasteiger partial charge in [-0.25, -0.2) is 0 Å². The SMILES string of the molecule is CCCC(CCC)C(=O)OCCC(=O)O. The van der Waals surface area contributed by atoms with Crippen molar-refractivity contribution in [2.24, 2.45) is 5.92 Å². The smallest absolute Gasteiger partial charge is 0.308 e. The molecule has 0 bridgehead atoms. The second-order valence-corrected chi connectivity index (χ2v) is 3.59. The van der Waals surface area contributed by atoms with Crippen LogP contribution in [-0.4, -0.2) is 23.7 Å². The molecule has 0 aromatic carbocycles. The topological polar surface area (TPSA) is 63.6 Å². The number of hydrogen-bond acceptors (Lipinski definition) is 3. The van der Waals surface area contributed by atoms with Gasteiger partial charge in [-0.2, -0.15) is 0 Å². The van der Waals surface area contributed by atoms with E-state index < -0.39 is 5.97 Å². The van der Waals surface area contributed by atoms with Crippen molar-refractivity contribution in [3.63, 3.8) is 0 Å². The number of carbonyl (C=O) groups is 2. The third kappa shape index (κ3) is 6.94. The van der Waals surface area contributed by atoms with Gasteiger partial charge in [-0.3, -0.25) is 9.59 Å². The zero-order valence-electron chi connectivity index (χ0n) is 9.49. The summed E-state index contributed by atoms with van der Waals surface area (Å²) in [6.07, 6.45) is 3.41. The van der Waals surface area contributed by atoms with Gasteiger partial charge in [0.1, 0.15) is 6.61 Å². The Morgan fingerprint density at radius 1 is 1.20 bits per heavy atom. The van der Waals surface area contributed by atoms with Crippen LogP contribution in [0.1, 0.15) is 46.0 Å². The average Bonchev–Trinajstić information content (AvgIpc) is 2.16. The fourth-order valence-electron chi connectivity index (χ4n) is 1.43. The number of esters is 1. The van der Waals surface area contributed by atoms with E-state index >= 15 is 0 Å². The van der Waals surface area contributed by atoms with Crippen LogP contribution in [0.4, 0.5) is 0 Å². The highest BCUT2D eigenvalue weighted by Gasteiger charge is 2.18. The van der Waals surface area contributed by atoms with Crippen molar-refractivity contribution in [3.05, 3.63) is 0 Å². The molecule has 0 aliphatic heterocycles. The van der Waals surface area contributed by atoms with Crippen LogP contribution in [0.2, 0.25) is 0 Å². The van der Waals surface area contributed by atoms with Crippen molar-refractivity contribution < 1.29 is 19.4 Å². The highest BCUT2D eigenvalue weighted by molar-refractivity contribution is 5.73. The van der Waals surface area contributed by atoms with Gasteiger partial charge in [-0.1, -0.05) is 26.7 Å². The highest BCUT2D eigenvalue weighted by atomic mass is 16.5. The average molecular weight is 216 g/mol. The molecule has 4 nitrogen and oxygen atoms in total. The summed E-state index contributed by atoms with van der Waals surface area (Å²) in [5, 5.41) is 8.38. The maximum atomic E-state index is 11.5. The maximum Gasteiger partial charge on any atom is 0.308 e. The number of rotatable bonds is 8. The summed E-state index contributed by atoms with van der Waals surface area (Å²) in [7, 11) is 0. The summed E-state index contributed by atoms with van der Waals surface area (Å²) in [5.74, 6) is -1.25. The molecule has 0 aromatic heterocycles. The summed E-state index contributed by atoms with van der Waals surface area (Å²) in [6.45, 7) is 4.03. The first-order valence-corrected chi connectivity index (χ1v) is 5.50. The van der Waals surface area contributed by atoms with Gasteiger partial charge < -0.3 is 9.84 Å². The van der Waals surface area contributed by atoms with Crippen LogP contribution >= 0.6 is 0 Å². The fraction of sp³-hybridized carbons (Fsp3) is 0.818. The Hall–Kier alpha value is -1.06. The molecule has 0 atom stereocenters. The van der Waals surface area contributed by atoms with E-state index in [1.165, 1.54) is 0 Å². The predicted molar refractivity (Wildman–Crippen MR) is 56.5 cm³/mol. The van der Waals surface area contributed by atoms with Gasteiger partial charge in [0.25, 0.3) is 0 Å². The summed E-state index contributed by atoms with van der Waals surface area (Å²) < 4.78 is 4.90. The molecular formula is C11H20O4. The molecule has 0 spiro atoms. The molecule has 0 heterocycles. The van der Waals surface area contributed by atoms with Crippen molar-refractivity contribution >= 4 is 11.9 Å². The van der Waals surface area contributed by atoms with Gasteiger partial charge in [-0.05, 0) is 12.8 Å². The molecule has 0 saturated heterocycles. The molecule has 0 rings (SSSR count). The molecule has 0 amide bonds. The van der Waals surface area contributed by atoms with E-state index in [9.17, 15) is 9.59 Å². The number of hydrogen-bond donors (Lipinski definition) is 1. The first-order valence-electron chi connectivity index (χ1n) is 5.50. The molecule has 0 unspecified atom stereocenters. The third-order valence-electron chi connectivity index (χ3n) is 2.17. The van der Waals surface area contributed by atoms with Crippen molar-refractivity contribution in [1.29, 1.82) is 0 Å². The number of ether oxygens (including phenoxy) is 1. The maximum absolute atomic E-state index is 11.5. The number of carboxylic acid groups (broad SMARTS) is 1. The van der Waals surface area contributed by atoms with Gasteiger partial charge in [0, 0.05) is 0 Å². The van der Waals surface area contributed by atoms with E-state index in [1.54, 1.807) is 0 Å². The summed E-state index contributed by atoms with van der Waals surface area (Å²) in [5.41, 5.74) is 0. The lowest BCUT2D eigenvalue weighted by Crippen LogP contribution is -2.19. The first-order chi connectivity index (χ1) is 7.11. The second-order valence-electron chi connectivity index (χ2n) is 3.59. The zero-order valence-corrected chi connectivity index (χ0v) is 9.49. The Balaban J connectivity index is 3.85. The van der Waals surface area contributed by atoms with Crippen LogP contribution in [0.3, 0.4) is 0 Å². The number of carboxylic acids is 1. The van der Waals surface area contributed by atoms with Crippen LogP contribution < -0.4 is 0 Å². The molecule has 0 aliphatic rings.